The second kappa shape index (κ2) is 6.76. The molecule has 0 aromatic heterocycles. The Bertz CT molecular complexity index is 501. The summed E-state index contributed by atoms with van der Waals surface area (Å²) in [5, 5.41) is 17.6. The summed E-state index contributed by atoms with van der Waals surface area (Å²) < 4.78 is 5.14. The zero-order chi connectivity index (χ0) is 15.3. The molecule has 0 atom stereocenters. The molecule has 1 aliphatic rings. The van der Waals surface area contributed by atoms with Crippen LogP contribution in [0.1, 0.15) is 26.2 Å². The number of nitrogens with zero attached hydrogens (tertiary/aromatic N) is 1. The fourth-order valence-corrected chi connectivity index (χ4v) is 2.51. The monoisotopic (exact) mass is 293 g/mol. The summed E-state index contributed by atoms with van der Waals surface area (Å²) in [7, 11) is 1.70. The molecule has 6 heteroatoms. The van der Waals surface area contributed by atoms with Gasteiger partial charge in [0, 0.05) is 26.8 Å². The van der Waals surface area contributed by atoms with Crippen LogP contribution in [0.5, 0.6) is 0 Å². The van der Waals surface area contributed by atoms with Gasteiger partial charge in [0.05, 0.1) is 4.92 Å². The van der Waals surface area contributed by atoms with Crippen molar-refractivity contribution in [2.24, 2.45) is 5.41 Å². The van der Waals surface area contributed by atoms with Gasteiger partial charge in [0.2, 0.25) is 0 Å². The number of hydrogen-bond donors (Lipinski definition) is 2. The molecule has 0 radical (unpaired) electrons. The lowest BCUT2D eigenvalue weighted by atomic mass is 10.0. The molecule has 2 N–H and O–H groups in total. The predicted molar refractivity (Wildman–Crippen MR) is 83.9 cm³/mol. The summed E-state index contributed by atoms with van der Waals surface area (Å²) in [6.45, 7) is 4.07. The molecule has 0 amide bonds. The number of anilines is 2. The van der Waals surface area contributed by atoms with Crippen LogP contribution in [0, 0.1) is 15.5 Å². The maximum Gasteiger partial charge on any atom is 0.315 e. The summed E-state index contributed by atoms with van der Waals surface area (Å²) in [5.41, 5.74) is 1.52. The maximum absolute atomic E-state index is 11.3. The van der Waals surface area contributed by atoms with E-state index in [-0.39, 0.29) is 16.0 Å². The molecule has 1 saturated carbocycles. The normalized spacial score (nSPS) is 15.5. The largest absolute Gasteiger partial charge is 0.385 e. The molecule has 2 rings (SSSR count). The fraction of sp³-hybridized carbons (Fsp3) is 0.600. The van der Waals surface area contributed by atoms with Gasteiger partial charge >= 0.3 is 5.69 Å². The van der Waals surface area contributed by atoms with Gasteiger partial charge in [0.25, 0.3) is 0 Å². The Kier molecular flexibility index (Phi) is 5.01. The first-order valence-electron chi connectivity index (χ1n) is 7.36. The number of ether oxygens (including phenoxy) is 1. The fourth-order valence-electron chi connectivity index (χ4n) is 2.51. The minimum Gasteiger partial charge on any atom is -0.385 e. The standard InChI is InChI=1S/C15H23N3O3/c1-3-16-12-5-4-6-13(14(12)18(19)20)17-11-15(7-8-15)9-10-21-2/h4-6,16-17H,3,7-11H2,1-2H3. The highest BCUT2D eigenvalue weighted by molar-refractivity contribution is 5.76. The van der Waals surface area contributed by atoms with Crippen LogP contribution in [-0.2, 0) is 4.74 Å². The highest BCUT2D eigenvalue weighted by atomic mass is 16.6. The van der Waals surface area contributed by atoms with Crippen LogP contribution in [0.3, 0.4) is 0 Å². The molecule has 21 heavy (non-hydrogen) atoms. The van der Waals surface area contributed by atoms with Gasteiger partial charge in [0.15, 0.2) is 0 Å². The minimum absolute atomic E-state index is 0.127. The number of rotatable bonds is 9. The Balaban J connectivity index is 2.09. The molecule has 0 unspecified atom stereocenters. The molecule has 1 aromatic carbocycles. The summed E-state index contributed by atoms with van der Waals surface area (Å²) in [6, 6.07) is 5.35. The average molecular weight is 293 g/mol. The van der Waals surface area contributed by atoms with Gasteiger partial charge in [-0.15, -0.1) is 0 Å². The maximum atomic E-state index is 11.3. The molecule has 0 spiro atoms. The van der Waals surface area contributed by atoms with E-state index in [4.69, 9.17) is 4.74 Å². The van der Waals surface area contributed by atoms with Crippen LogP contribution in [0.25, 0.3) is 0 Å². The van der Waals surface area contributed by atoms with E-state index < -0.39 is 0 Å². The van der Waals surface area contributed by atoms with E-state index >= 15 is 0 Å². The smallest absolute Gasteiger partial charge is 0.315 e. The lowest BCUT2D eigenvalue weighted by Crippen LogP contribution is -2.18. The molecule has 1 fully saturated rings. The molecule has 1 aromatic rings. The molecule has 116 valence electrons. The molecule has 1 aliphatic carbocycles. The third-order valence-corrected chi connectivity index (χ3v) is 4.03. The molecule has 0 heterocycles. The first-order chi connectivity index (χ1) is 10.1. The number of nitro benzene ring substituents is 1. The van der Waals surface area contributed by atoms with Gasteiger partial charge < -0.3 is 15.4 Å². The van der Waals surface area contributed by atoms with Gasteiger partial charge in [0.1, 0.15) is 11.4 Å². The first kappa shape index (κ1) is 15.6. The summed E-state index contributed by atoms with van der Waals surface area (Å²) in [6.07, 6.45) is 3.31. The predicted octanol–water partition coefficient (Wildman–Crippen LogP) is 3.26. The lowest BCUT2D eigenvalue weighted by Gasteiger charge is -2.17. The van der Waals surface area contributed by atoms with Crippen molar-refractivity contribution in [3.8, 4) is 0 Å². The molecular formula is C15H23N3O3. The second-order valence-electron chi connectivity index (χ2n) is 5.59. The van der Waals surface area contributed by atoms with Crippen molar-refractivity contribution in [2.75, 3.05) is 37.4 Å². The van der Waals surface area contributed by atoms with E-state index in [1.165, 1.54) is 0 Å². The van der Waals surface area contributed by atoms with Crippen molar-refractivity contribution >= 4 is 17.1 Å². The van der Waals surface area contributed by atoms with E-state index in [1.807, 2.05) is 13.0 Å². The third kappa shape index (κ3) is 3.85. The second-order valence-corrected chi connectivity index (χ2v) is 5.59. The zero-order valence-electron chi connectivity index (χ0n) is 12.6. The average Bonchev–Trinajstić information content (AvgIpc) is 3.24. The zero-order valence-corrected chi connectivity index (χ0v) is 12.6. The number of nitro groups is 1. The third-order valence-electron chi connectivity index (χ3n) is 4.03. The van der Waals surface area contributed by atoms with Gasteiger partial charge in [-0.2, -0.15) is 0 Å². The van der Waals surface area contributed by atoms with Crippen molar-refractivity contribution in [3.05, 3.63) is 28.3 Å². The van der Waals surface area contributed by atoms with Gasteiger partial charge in [-0.1, -0.05) is 6.07 Å². The SMILES string of the molecule is CCNc1cccc(NCC2(CCOC)CC2)c1[N+](=O)[O-]. The molecule has 0 aliphatic heterocycles. The molecule has 0 bridgehead atoms. The summed E-state index contributed by atoms with van der Waals surface area (Å²) in [4.78, 5) is 11.0. The van der Waals surface area contributed by atoms with Crippen LogP contribution in [0.2, 0.25) is 0 Å². The number of methoxy groups -OCH3 is 1. The Labute approximate surface area is 125 Å². The van der Waals surface area contributed by atoms with Crippen molar-refractivity contribution in [1.29, 1.82) is 0 Å². The van der Waals surface area contributed by atoms with E-state index in [1.54, 1.807) is 19.2 Å². The number of benzene rings is 1. The van der Waals surface area contributed by atoms with Crippen molar-refractivity contribution in [1.82, 2.24) is 0 Å². The Hall–Kier alpha value is -1.82. The van der Waals surface area contributed by atoms with Gasteiger partial charge in [-0.05, 0) is 43.7 Å². The highest BCUT2D eigenvalue weighted by Gasteiger charge is 2.42. The Morgan fingerprint density at radius 3 is 2.52 bits per heavy atom. The van der Waals surface area contributed by atoms with Crippen LogP contribution < -0.4 is 10.6 Å². The van der Waals surface area contributed by atoms with E-state index in [9.17, 15) is 10.1 Å². The van der Waals surface area contributed by atoms with Crippen LogP contribution >= 0.6 is 0 Å². The van der Waals surface area contributed by atoms with Crippen LogP contribution in [0.15, 0.2) is 18.2 Å². The quantitative estimate of drug-likeness (QED) is 0.540. The lowest BCUT2D eigenvalue weighted by molar-refractivity contribution is -0.383. The molecular weight excluding hydrogens is 270 g/mol. The first-order valence-corrected chi connectivity index (χ1v) is 7.36. The Morgan fingerprint density at radius 2 is 2.00 bits per heavy atom. The van der Waals surface area contributed by atoms with Crippen LogP contribution in [-0.4, -0.2) is 31.7 Å². The van der Waals surface area contributed by atoms with E-state index in [2.05, 4.69) is 10.6 Å². The van der Waals surface area contributed by atoms with Gasteiger partial charge in [-0.25, -0.2) is 0 Å². The molecule has 6 nitrogen and oxygen atoms in total. The van der Waals surface area contributed by atoms with Crippen molar-refractivity contribution < 1.29 is 9.66 Å². The van der Waals surface area contributed by atoms with Crippen LogP contribution in [0.4, 0.5) is 17.1 Å². The number of para-hydroxylation sites is 1. The summed E-state index contributed by atoms with van der Waals surface area (Å²) >= 11 is 0. The Morgan fingerprint density at radius 1 is 1.33 bits per heavy atom. The highest BCUT2D eigenvalue weighted by Crippen LogP contribution is 2.49. The number of nitrogens with one attached hydrogen (secondary N) is 2. The van der Waals surface area contributed by atoms with E-state index in [0.29, 0.717) is 17.9 Å². The van der Waals surface area contributed by atoms with Crippen molar-refractivity contribution in [2.45, 2.75) is 26.2 Å². The number of hydrogen-bond acceptors (Lipinski definition) is 5. The van der Waals surface area contributed by atoms with Gasteiger partial charge in [-0.3, -0.25) is 10.1 Å². The van der Waals surface area contributed by atoms with E-state index in [0.717, 1.165) is 32.4 Å². The minimum atomic E-state index is -0.324. The summed E-state index contributed by atoms with van der Waals surface area (Å²) in [5.74, 6) is 0. The molecule has 0 saturated heterocycles. The topological polar surface area (TPSA) is 76.4 Å². The van der Waals surface area contributed by atoms with Crippen molar-refractivity contribution in [3.63, 3.8) is 0 Å².